The molecule has 1 aromatic rings. The van der Waals surface area contributed by atoms with Crippen molar-refractivity contribution >= 4 is 23.4 Å². The minimum Gasteiger partial charge on any atom is -0.444 e. The van der Waals surface area contributed by atoms with E-state index in [0.717, 1.165) is 12.8 Å². The van der Waals surface area contributed by atoms with Crippen molar-refractivity contribution in [1.82, 2.24) is 5.32 Å². The summed E-state index contributed by atoms with van der Waals surface area (Å²) < 4.78 is 5.13. The van der Waals surface area contributed by atoms with Gasteiger partial charge in [-0.15, -0.1) is 0 Å². The van der Waals surface area contributed by atoms with E-state index < -0.39 is 17.7 Å². The van der Waals surface area contributed by atoms with E-state index in [-0.39, 0.29) is 5.91 Å². The van der Waals surface area contributed by atoms with Gasteiger partial charge < -0.3 is 26.8 Å². The zero-order chi connectivity index (χ0) is 18.2. The molecule has 0 saturated heterocycles. The number of nitrogens with one attached hydrogen (secondary N) is 2. The van der Waals surface area contributed by atoms with Crippen LogP contribution in [0.15, 0.2) is 24.3 Å². The predicted octanol–water partition coefficient (Wildman–Crippen LogP) is 2.23. The highest BCUT2D eigenvalue weighted by atomic mass is 16.6. The van der Waals surface area contributed by atoms with Crippen LogP contribution in [0.25, 0.3) is 0 Å². The molecule has 24 heavy (non-hydrogen) atoms. The monoisotopic (exact) mass is 336 g/mol. The number of alkyl carbamates (subject to hydrolysis) is 1. The van der Waals surface area contributed by atoms with Gasteiger partial charge in [0.15, 0.2) is 0 Å². The largest absolute Gasteiger partial charge is 0.444 e. The van der Waals surface area contributed by atoms with Crippen LogP contribution in [0.5, 0.6) is 0 Å². The fourth-order valence-electron chi connectivity index (χ4n) is 1.98. The van der Waals surface area contributed by atoms with Crippen molar-refractivity contribution in [1.29, 1.82) is 0 Å². The lowest BCUT2D eigenvalue weighted by Gasteiger charge is -2.19. The zero-order valence-electron chi connectivity index (χ0n) is 14.6. The number of hydrogen-bond donors (Lipinski definition) is 4. The van der Waals surface area contributed by atoms with E-state index >= 15 is 0 Å². The molecule has 1 rings (SSSR count). The Labute approximate surface area is 143 Å². The summed E-state index contributed by atoms with van der Waals surface area (Å²) in [6, 6.07) is 6.33. The minimum absolute atomic E-state index is 0.249. The summed E-state index contributed by atoms with van der Waals surface area (Å²) in [5.41, 5.74) is 12.2. The summed E-state index contributed by atoms with van der Waals surface area (Å²) in [5.74, 6) is -0.249. The fourth-order valence-corrected chi connectivity index (χ4v) is 1.98. The number of rotatable bonds is 7. The molecule has 0 radical (unpaired) electrons. The Hall–Kier alpha value is -2.28. The van der Waals surface area contributed by atoms with Gasteiger partial charge in [0.1, 0.15) is 5.60 Å². The van der Waals surface area contributed by atoms with Gasteiger partial charge in [-0.2, -0.15) is 0 Å². The van der Waals surface area contributed by atoms with E-state index in [4.69, 9.17) is 16.2 Å². The normalized spacial score (nSPS) is 12.3. The molecule has 0 bridgehead atoms. The van der Waals surface area contributed by atoms with Crippen LogP contribution in [0.4, 0.5) is 16.2 Å². The van der Waals surface area contributed by atoms with Crippen LogP contribution in [0.2, 0.25) is 0 Å². The third kappa shape index (κ3) is 8.38. The summed E-state index contributed by atoms with van der Waals surface area (Å²) in [6.07, 6.45) is 1.54. The first-order valence-electron chi connectivity index (χ1n) is 8.06. The topological polar surface area (TPSA) is 119 Å². The third-order valence-corrected chi connectivity index (χ3v) is 3.10. The van der Waals surface area contributed by atoms with E-state index in [1.807, 2.05) is 20.8 Å². The Bertz CT molecular complexity index is 555. The van der Waals surface area contributed by atoms with E-state index in [2.05, 4.69) is 10.6 Å². The molecule has 0 unspecified atom stereocenters. The van der Waals surface area contributed by atoms with Crippen LogP contribution in [0.1, 0.15) is 40.0 Å². The lowest BCUT2D eigenvalue weighted by atomic mass is 10.1. The Morgan fingerprint density at radius 2 is 1.96 bits per heavy atom. The number of nitrogen functional groups attached to an aromatic ring is 1. The van der Waals surface area contributed by atoms with E-state index in [0.29, 0.717) is 24.3 Å². The van der Waals surface area contributed by atoms with Crippen LogP contribution >= 0.6 is 0 Å². The smallest absolute Gasteiger partial charge is 0.407 e. The Kier molecular flexibility index (Phi) is 7.51. The standard InChI is InChI=1S/C17H28N4O3/c1-17(2,3)24-16(23)20-10-5-4-9-14(19)15(22)21-13-8-6-7-12(18)11-13/h6-8,11,14H,4-5,9-10,18-19H2,1-3H3,(H,20,23)(H,21,22)/t14-/m1/s1. The maximum atomic E-state index is 12.0. The molecule has 0 aliphatic carbocycles. The van der Waals surface area contributed by atoms with E-state index in [1.165, 1.54) is 0 Å². The number of benzene rings is 1. The molecule has 134 valence electrons. The number of ether oxygens (including phenoxy) is 1. The quantitative estimate of drug-likeness (QED) is 0.449. The summed E-state index contributed by atoms with van der Waals surface area (Å²) in [4.78, 5) is 23.4. The van der Waals surface area contributed by atoms with Gasteiger partial charge in [-0.1, -0.05) is 6.07 Å². The number of nitrogens with two attached hydrogens (primary N) is 2. The number of amides is 2. The molecular weight excluding hydrogens is 308 g/mol. The maximum absolute atomic E-state index is 12.0. The van der Waals surface area contributed by atoms with Crippen molar-refractivity contribution in [3.8, 4) is 0 Å². The molecule has 0 heterocycles. The van der Waals surface area contributed by atoms with E-state index in [9.17, 15) is 9.59 Å². The number of carbonyl (C=O) groups is 2. The summed E-state index contributed by atoms with van der Waals surface area (Å²) in [5, 5.41) is 5.41. The van der Waals surface area contributed by atoms with Gasteiger partial charge in [0.2, 0.25) is 5.91 Å². The van der Waals surface area contributed by atoms with Gasteiger partial charge in [-0.05, 0) is 58.2 Å². The molecule has 0 saturated carbocycles. The van der Waals surface area contributed by atoms with Crippen LogP contribution in [-0.2, 0) is 9.53 Å². The third-order valence-electron chi connectivity index (χ3n) is 3.10. The first kappa shape index (κ1) is 19.8. The van der Waals surface area contributed by atoms with Gasteiger partial charge in [0, 0.05) is 17.9 Å². The maximum Gasteiger partial charge on any atom is 0.407 e. The van der Waals surface area contributed by atoms with Gasteiger partial charge in [-0.25, -0.2) is 4.79 Å². The molecule has 7 heteroatoms. The van der Waals surface area contributed by atoms with Crippen molar-refractivity contribution in [3.05, 3.63) is 24.3 Å². The van der Waals surface area contributed by atoms with Crippen molar-refractivity contribution in [3.63, 3.8) is 0 Å². The van der Waals surface area contributed by atoms with Crippen LogP contribution in [0.3, 0.4) is 0 Å². The van der Waals surface area contributed by atoms with Crippen LogP contribution < -0.4 is 22.1 Å². The van der Waals surface area contributed by atoms with Crippen molar-refractivity contribution in [2.45, 2.75) is 51.7 Å². The number of anilines is 2. The van der Waals surface area contributed by atoms with Crippen LogP contribution in [-0.4, -0.2) is 30.2 Å². The predicted molar refractivity (Wildman–Crippen MR) is 95.5 cm³/mol. The van der Waals surface area contributed by atoms with Gasteiger partial charge >= 0.3 is 6.09 Å². The van der Waals surface area contributed by atoms with Crippen molar-refractivity contribution < 1.29 is 14.3 Å². The first-order valence-corrected chi connectivity index (χ1v) is 8.06. The molecule has 1 atom stereocenters. The Balaban J connectivity index is 2.20. The van der Waals surface area contributed by atoms with Crippen LogP contribution in [0, 0.1) is 0 Å². The molecule has 0 aromatic heterocycles. The second-order valence-electron chi connectivity index (χ2n) is 6.65. The Morgan fingerprint density at radius 3 is 2.58 bits per heavy atom. The lowest BCUT2D eigenvalue weighted by Crippen LogP contribution is -2.36. The number of hydrogen-bond acceptors (Lipinski definition) is 5. The van der Waals surface area contributed by atoms with E-state index in [1.54, 1.807) is 24.3 Å². The molecule has 0 aliphatic rings. The summed E-state index contributed by atoms with van der Waals surface area (Å²) >= 11 is 0. The lowest BCUT2D eigenvalue weighted by molar-refractivity contribution is -0.117. The molecule has 7 nitrogen and oxygen atoms in total. The number of carbonyl (C=O) groups excluding carboxylic acids is 2. The molecule has 1 aromatic carbocycles. The molecule has 2 amide bonds. The molecule has 0 spiro atoms. The highest BCUT2D eigenvalue weighted by Crippen LogP contribution is 2.12. The summed E-state index contributed by atoms with van der Waals surface area (Å²) in [6.45, 7) is 5.91. The minimum atomic E-state index is -0.604. The average Bonchev–Trinajstić information content (AvgIpc) is 2.44. The highest BCUT2D eigenvalue weighted by molar-refractivity contribution is 5.94. The Morgan fingerprint density at radius 1 is 1.25 bits per heavy atom. The fraction of sp³-hybridized carbons (Fsp3) is 0.529. The van der Waals surface area contributed by atoms with Crippen molar-refractivity contribution in [2.75, 3.05) is 17.6 Å². The second-order valence-corrected chi connectivity index (χ2v) is 6.65. The molecule has 0 aliphatic heterocycles. The molecule has 6 N–H and O–H groups in total. The van der Waals surface area contributed by atoms with Crippen molar-refractivity contribution in [2.24, 2.45) is 5.73 Å². The van der Waals surface area contributed by atoms with Gasteiger partial charge in [0.05, 0.1) is 6.04 Å². The zero-order valence-corrected chi connectivity index (χ0v) is 14.6. The first-order chi connectivity index (χ1) is 11.2. The summed E-state index contributed by atoms with van der Waals surface area (Å²) in [7, 11) is 0. The van der Waals surface area contributed by atoms with Gasteiger partial charge in [-0.3, -0.25) is 4.79 Å². The molecular formula is C17H28N4O3. The molecule has 0 fully saturated rings. The van der Waals surface area contributed by atoms with Gasteiger partial charge in [0.25, 0.3) is 0 Å². The highest BCUT2D eigenvalue weighted by Gasteiger charge is 2.16. The second kappa shape index (κ2) is 9.12. The average molecular weight is 336 g/mol. The number of unbranched alkanes of at least 4 members (excludes halogenated alkanes) is 1. The SMILES string of the molecule is CC(C)(C)OC(=O)NCCCC[C@@H](N)C(=O)Nc1cccc(N)c1.